The standard InChI is InChI=1S/C3H3N2.K.H2O/c1-2-5-3-4-1;;/h1-3H;;1H2/q-1;+1;. The van der Waals surface area contributed by atoms with E-state index >= 15 is 0 Å². The molecule has 0 atom stereocenters. The van der Waals surface area contributed by atoms with Crippen molar-refractivity contribution >= 4 is 0 Å². The molecule has 4 heteroatoms. The van der Waals surface area contributed by atoms with Crippen molar-refractivity contribution in [1.29, 1.82) is 0 Å². The average Bonchev–Trinajstić information content (AvgIpc) is 1.76. The van der Waals surface area contributed by atoms with Crippen molar-refractivity contribution in [2.24, 2.45) is 0 Å². The van der Waals surface area contributed by atoms with Gasteiger partial charge in [0, 0.05) is 0 Å². The molecular formula is C3H5KN2O. The summed E-state index contributed by atoms with van der Waals surface area (Å²) in [6.45, 7) is 0. The van der Waals surface area contributed by atoms with Gasteiger partial charge in [0.05, 0.1) is 0 Å². The van der Waals surface area contributed by atoms with Gasteiger partial charge in [-0.25, -0.2) is 0 Å². The van der Waals surface area contributed by atoms with E-state index in [1.54, 1.807) is 12.4 Å². The summed E-state index contributed by atoms with van der Waals surface area (Å²) in [5, 5.41) is 0. The Labute approximate surface area is 84.3 Å². The second-order valence-corrected chi connectivity index (χ2v) is 0.712. The van der Waals surface area contributed by atoms with Gasteiger partial charge in [0.15, 0.2) is 0 Å². The van der Waals surface area contributed by atoms with Crippen LogP contribution in [0.2, 0.25) is 0 Å². The molecule has 1 aromatic rings. The van der Waals surface area contributed by atoms with Gasteiger partial charge in [0.25, 0.3) is 0 Å². The second-order valence-electron chi connectivity index (χ2n) is 0.712. The summed E-state index contributed by atoms with van der Waals surface area (Å²) in [4.78, 5) is 7.22. The van der Waals surface area contributed by atoms with Crippen LogP contribution in [-0.4, -0.2) is 10.5 Å². The first-order chi connectivity index (χ1) is 2.50. The van der Waals surface area contributed by atoms with Crippen LogP contribution in [0.3, 0.4) is 0 Å². The molecular weight excluding hydrogens is 119 g/mol. The molecule has 0 aliphatic carbocycles. The maximum Gasteiger partial charge on any atom is 1.00 e. The molecule has 1 aromatic heterocycles. The van der Waals surface area contributed by atoms with E-state index in [-0.39, 0.29) is 56.9 Å². The van der Waals surface area contributed by atoms with Gasteiger partial charge in [-0.15, -0.1) is 0 Å². The maximum atomic E-state index is 3.61. The molecule has 1 heterocycles. The van der Waals surface area contributed by atoms with Gasteiger partial charge in [-0.2, -0.15) is 0 Å². The summed E-state index contributed by atoms with van der Waals surface area (Å²) in [5.41, 5.74) is 0. The summed E-state index contributed by atoms with van der Waals surface area (Å²) in [7, 11) is 0. The zero-order valence-electron chi connectivity index (χ0n) is 4.13. The molecule has 0 fully saturated rings. The number of aromatic nitrogens is 2. The third kappa shape index (κ3) is 4.66. The van der Waals surface area contributed by atoms with Crippen molar-refractivity contribution in [3.8, 4) is 0 Å². The van der Waals surface area contributed by atoms with E-state index < -0.39 is 0 Å². The Hall–Kier alpha value is 0.806. The summed E-state index contributed by atoms with van der Waals surface area (Å²) in [6.07, 6.45) is 4.78. The minimum Gasteiger partial charge on any atom is -0.450 e. The first kappa shape index (κ1) is 10.7. The third-order valence-electron chi connectivity index (χ3n) is 0.372. The van der Waals surface area contributed by atoms with Crippen LogP contribution in [0.5, 0.6) is 0 Å². The van der Waals surface area contributed by atoms with Crippen LogP contribution in [0, 0.1) is 0 Å². The second kappa shape index (κ2) is 6.81. The summed E-state index contributed by atoms with van der Waals surface area (Å²) < 4.78 is 0. The van der Waals surface area contributed by atoms with Gasteiger partial charge in [0.2, 0.25) is 0 Å². The predicted octanol–water partition coefficient (Wildman–Crippen LogP) is -3.78. The van der Waals surface area contributed by atoms with Gasteiger partial charge < -0.3 is 15.4 Å². The van der Waals surface area contributed by atoms with Crippen LogP contribution >= 0.6 is 0 Å². The van der Waals surface area contributed by atoms with Gasteiger partial charge in [-0.3, -0.25) is 0 Å². The summed E-state index contributed by atoms with van der Waals surface area (Å²) in [6, 6.07) is 0. The van der Waals surface area contributed by atoms with Crippen molar-refractivity contribution in [3.05, 3.63) is 18.7 Å². The molecule has 0 saturated heterocycles. The van der Waals surface area contributed by atoms with Crippen molar-refractivity contribution in [2.75, 3.05) is 0 Å². The first-order valence-electron chi connectivity index (χ1n) is 1.37. The minimum absolute atomic E-state index is 0. The molecule has 0 amide bonds. The average molecular weight is 124 g/mol. The summed E-state index contributed by atoms with van der Waals surface area (Å²) >= 11 is 0. The Bertz CT molecular complexity index is 69.4. The molecule has 0 aliphatic heterocycles. The topological polar surface area (TPSA) is 58.5 Å². The van der Waals surface area contributed by atoms with E-state index in [0.717, 1.165) is 0 Å². The minimum atomic E-state index is 0. The van der Waals surface area contributed by atoms with Crippen molar-refractivity contribution in [3.63, 3.8) is 0 Å². The van der Waals surface area contributed by atoms with E-state index in [4.69, 9.17) is 0 Å². The predicted molar refractivity (Wildman–Crippen MR) is 21.2 cm³/mol. The van der Waals surface area contributed by atoms with Gasteiger partial charge in [-0.1, -0.05) is 18.7 Å². The van der Waals surface area contributed by atoms with Crippen molar-refractivity contribution < 1.29 is 56.9 Å². The van der Waals surface area contributed by atoms with Crippen LogP contribution < -0.4 is 56.4 Å². The molecule has 34 valence electrons. The molecule has 1 rings (SSSR count). The molecule has 0 aromatic carbocycles. The Morgan fingerprint density at radius 2 is 2.14 bits per heavy atom. The quantitative estimate of drug-likeness (QED) is 0.333. The number of nitrogens with zero attached hydrogens (tertiary/aromatic N) is 2. The van der Waals surface area contributed by atoms with E-state index in [2.05, 4.69) is 9.97 Å². The summed E-state index contributed by atoms with van der Waals surface area (Å²) in [5.74, 6) is 0. The van der Waals surface area contributed by atoms with E-state index in [1.165, 1.54) is 6.33 Å². The molecule has 0 radical (unpaired) electrons. The zero-order chi connectivity index (χ0) is 3.54. The number of imidazole rings is 1. The normalized spacial score (nSPS) is 5.71. The Morgan fingerprint density at radius 1 is 1.43 bits per heavy atom. The monoisotopic (exact) mass is 124 g/mol. The number of rotatable bonds is 0. The van der Waals surface area contributed by atoms with Crippen LogP contribution in [0.25, 0.3) is 0 Å². The number of hydrogen-bond acceptors (Lipinski definition) is 1. The molecule has 3 nitrogen and oxygen atoms in total. The molecule has 2 N–H and O–H groups in total. The number of hydrogen-bond donors (Lipinski definition) is 0. The third-order valence-corrected chi connectivity index (χ3v) is 0.372. The van der Waals surface area contributed by atoms with Crippen molar-refractivity contribution in [2.45, 2.75) is 0 Å². The van der Waals surface area contributed by atoms with Crippen LogP contribution in [0.4, 0.5) is 0 Å². The fourth-order valence-corrected chi connectivity index (χ4v) is 0.192. The Morgan fingerprint density at radius 3 is 2.29 bits per heavy atom. The Kier molecular flexibility index (Phi) is 10.4. The fraction of sp³-hybridized carbons (Fsp3) is 0. The molecule has 0 aliphatic rings. The van der Waals surface area contributed by atoms with Crippen LogP contribution in [0.1, 0.15) is 0 Å². The van der Waals surface area contributed by atoms with E-state index in [0.29, 0.717) is 0 Å². The Balaban J connectivity index is 0. The first-order valence-corrected chi connectivity index (χ1v) is 1.37. The fourth-order valence-electron chi connectivity index (χ4n) is 0.192. The SMILES string of the molecule is O.[K+].c1c[n-]cn1. The van der Waals surface area contributed by atoms with Gasteiger partial charge in [-0.05, 0) is 0 Å². The van der Waals surface area contributed by atoms with Gasteiger partial charge >= 0.3 is 51.4 Å². The van der Waals surface area contributed by atoms with Gasteiger partial charge in [0.1, 0.15) is 0 Å². The van der Waals surface area contributed by atoms with E-state index in [1.807, 2.05) is 0 Å². The molecule has 0 bridgehead atoms. The molecule has 0 saturated carbocycles. The zero-order valence-corrected chi connectivity index (χ0v) is 7.25. The van der Waals surface area contributed by atoms with Crippen LogP contribution in [-0.2, 0) is 0 Å². The van der Waals surface area contributed by atoms with Crippen LogP contribution in [0.15, 0.2) is 18.7 Å². The maximum absolute atomic E-state index is 3.61. The molecule has 0 spiro atoms. The largest absolute Gasteiger partial charge is 1.00 e. The smallest absolute Gasteiger partial charge is 0.450 e. The van der Waals surface area contributed by atoms with E-state index in [9.17, 15) is 0 Å². The molecule has 7 heavy (non-hydrogen) atoms. The molecule has 0 unspecified atom stereocenters. The van der Waals surface area contributed by atoms with Crippen molar-refractivity contribution in [1.82, 2.24) is 9.97 Å².